The molecule has 2 rings (SSSR count). The summed E-state index contributed by atoms with van der Waals surface area (Å²) in [5.74, 6) is 0.220. The van der Waals surface area contributed by atoms with E-state index in [-0.39, 0.29) is 5.91 Å². The van der Waals surface area contributed by atoms with Gasteiger partial charge in [-0.25, -0.2) is 4.98 Å². The number of carbonyl (C=O) groups is 1. The van der Waals surface area contributed by atoms with Crippen LogP contribution in [0.4, 0.5) is 5.69 Å². The first kappa shape index (κ1) is 14.5. The maximum Gasteiger partial charge on any atom is 0.255 e. The number of aromatic nitrogens is 1. The molecule has 2 aromatic rings. The number of nitrogens with zero attached hydrogens (tertiary/aromatic N) is 1. The molecule has 0 saturated heterocycles. The van der Waals surface area contributed by atoms with Gasteiger partial charge in [0.1, 0.15) is 5.15 Å². The largest absolute Gasteiger partial charge is 0.322 e. The van der Waals surface area contributed by atoms with Gasteiger partial charge >= 0.3 is 0 Å². The van der Waals surface area contributed by atoms with Gasteiger partial charge in [0.15, 0.2) is 0 Å². The normalized spacial score (nSPS) is 11.9. The van der Waals surface area contributed by atoms with Gasteiger partial charge in [-0.05, 0) is 36.1 Å². The molecule has 1 aromatic carbocycles. The number of pyridine rings is 1. The van der Waals surface area contributed by atoms with Gasteiger partial charge in [-0.1, -0.05) is 43.6 Å². The van der Waals surface area contributed by atoms with Crippen LogP contribution in [0, 0.1) is 0 Å². The van der Waals surface area contributed by atoms with Gasteiger partial charge in [-0.3, -0.25) is 4.79 Å². The Hall–Kier alpha value is -1.87. The van der Waals surface area contributed by atoms with E-state index in [9.17, 15) is 4.79 Å². The summed E-state index contributed by atoms with van der Waals surface area (Å²) in [6.45, 7) is 4.28. The van der Waals surface area contributed by atoms with Gasteiger partial charge < -0.3 is 5.32 Å². The molecule has 4 heteroatoms. The summed E-state index contributed by atoms with van der Waals surface area (Å²) in [4.78, 5) is 16.1. The van der Waals surface area contributed by atoms with Crippen molar-refractivity contribution in [3.63, 3.8) is 0 Å². The van der Waals surface area contributed by atoms with E-state index in [0.717, 1.165) is 17.7 Å². The van der Waals surface area contributed by atoms with Crippen LogP contribution in [-0.4, -0.2) is 10.9 Å². The second kappa shape index (κ2) is 6.53. The third kappa shape index (κ3) is 3.36. The smallest absolute Gasteiger partial charge is 0.255 e. The number of halogens is 1. The number of amides is 1. The fraction of sp³-hybridized carbons (Fsp3) is 0.250. The number of anilines is 1. The quantitative estimate of drug-likeness (QED) is 0.842. The zero-order valence-electron chi connectivity index (χ0n) is 11.6. The van der Waals surface area contributed by atoms with Crippen LogP contribution in [0.5, 0.6) is 0 Å². The minimum atomic E-state index is -0.176. The number of benzene rings is 1. The number of carbonyl (C=O) groups excluding carboxylic acids is 1. The lowest BCUT2D eigenvalue weighted by Gasteiger charge is -2.15. The first-order valence-corrected chi connectivity index (χ1v) is 7.01. The van der Waals surface area contributed by atoms with Crippen LogP contribution in [0.15, 0.2) is 42.6 Å². The number of hydrogen-bond donors (Lipinski definition) is 1. The summed E-state index contributed by atoms with van der Waals surface area (Å²) < 4.78 is 0. The first-order chi connectivity index (χ1) is 9.61. The van der Waals surface area contributed by atoms with E-state index in [0.29, 0.717) is 16.6 Å². The molecule has 3 nitrogen and oxygen atoms in total. The third-order valence-corrected chi connectivity index (χ3v) is 3.55. The molecule has 0 spiro atoms. The molecule has 104 valence electrons. The lowest BCUT2D eigenvalue weighted by Crippen LogP contribution is -2.14. The van der Waals surface area contributed by atoms with E-state index in [1.165, 1.54) is 6.20 Å². The van der Waals surface area contributed by atoms with Crippen molar-refractivity contribution in [2.24, 2.45) is 0 Å². The summed E-state index contributed by atoms with van der Waals surface area (Å²) in [5.41, 5.74) is 2.49. The van der Waals surface area contributed by atoms with Crippen LogP contribution < -0.4 is 5.32 Å². The zero-order chi connectivity index (χ0) is 14.5. The second-order valence-corrected chi connectivity index (χ2v) is 5.11. The van der Waals surface area contributed by atoms with Crippen LogP contribution in [-0.2, 0) is 0 Å². The molecule has 0 aliphatic carbocycles. The van der Waals surface area contributed by atoms with Crippen molar-refractivity contribution in [3.05, 3.63) is 58.9 Å². The average Bonchev–Trinajstić information content (AvgIpc) is 2.47. The Morgan fingerprint density at radius 3 is 2.80 bits per heavy atom. The van der Waals surface area contributed by atoms with Crippen molar-refractivity contribution >= 4 is 23.2 Å². The van der Waals surface area contributed by atoms with Crippen LogP contribution >= 0.6 is 11.6 Å². The Balaban J connectivity index is 2.24. The van der Waals surface area contributed by atoms with Gasteiger partial charge in [-0.2, -0.15) is 0 Å². The third-order valence-electron chi connectivity index (χ3n) is 3.34. The minimum absolute atomic E-state index is 0.176. The van der Waals surface area contributed by atoms with E-state index in [4.69, 9.17) is 11.6 Å². The second-order valence-electron chi connectivity index (χ2n) is 4.72. The van der Waals surface area contributed by atoms with Crippen molar-refractivity contribution in [2.45, 2.75) is 26.2 Å². The molecule has 1 aromatic heterocycles. The van der Waals surface area contributed by atoms with Crippen molar-refractivity contribution < 1.29 is 4.79 Å². The van der Waals surface area contributed by atoms with Gasteiger partial charge in [-0.15, -0.1) is 0 Å². The molecule has 1 heterocycles. The molecule has 0 fully saturated rings. The highest BCUT2D eigenvalue weighted by Crippen LogP contribution is 2.26. The summed E-state index contributed by atoms with van der Waals surface area (Å²) in [7, 11) is 0. The SMILES string of the molecule is CC[C@@H](C)c1ccccc1NC(=O)c1ccnc(Cl)c1. The highest BCUT2D eigenvalue weighted by atomic mass is 35.5. The van der Waals surface area contributed by atoms with Crippen molar-refractivity contribution in [3.8, 4) is 0 Å². The maximum absolute atomic E-state index is 12.2. The van der Waals surface area contributed by atoms with E-state index < -0.39 is 0 Å². The van der Waals surface area contributed by atoms with Crippen LogP contribution in [0.1, 0.15) is 42.1 Å². The minimum Gasteiger partial charge on any atom is -0.322 e. The summed E-state index contributed by atoms with van der Waals surface area (Å²) in [6, 6.07) is 11.1. The van der Waals surface area contributed by atoms with Gasteiger partial charge in [0.05, 0.1) is 0 Å². The van der Waals surface area contributed by atoms with Gasteiger partial charge in [0.25, 0.3) is 5.91 Å². The number of rotatable bonds is 4. The van der Waals surface area contributed by atoms with Crippen molar-refractivity contribution in [1.82, 2.24) is 4.98 Å². The van der Waals surface area contributed by atoms with Crippen LogP contribution in [0.2, 0.25) is 5.15 Å². The van der Waals surface area contributed by atoms with Gasteiger partial charge in [0.2, 0.25) is 0 Å². The monoisotopic (exact) mass is 288 g/mol. The lowest BCUT2D eigenvalue weighted by molar-refractivity contribution is 0.102. The first-order valence-electron chi connectivity index (χ1n) is 6.63. The standard InChI is InChI=1S/C16H17ClN2O/c1-3-11(2)13-6-4-5-7-14(13)19-16(20)12-8-9-18-15(17)10-12/h4-11H,3H2,1-2H3,(H,19,20)/t11-/m1/s1. The molecule has 20 heavy (non-hydrogen) atoms. The van der Waals surface area contributed by atoms with Crippen molar-refractivity contribution in [1.29, 1.82) is 0 Å². The fourth-order valence-electron chi connectivity index (χ4n) is 2.00. The van der Waals surface area contributed by atoms with E-state index >= 15 is 0 Å². The average molecular weight is 289 g/mol. The molecular formula is C16H17ClN2O. The van der Waals surface area contributed by atoms with E-state index in [1.54, 1.807) is 12.1 Å². The number of para-hydroxylation sites is 1. The van der Waals surface area contributed by atoms with E-state index in [2.05, 4.69) is 24.1 Å². The highest BCUT2D eigenvalue weighted by molar-refractivity contribution is 6.29. The molecule has 0 aliphatic rings. The van der Waals surface area contributed by atoms with Gasteiger partial charge in [0, 0.05) is 17.4 Å². The molecule has 0 bridgehead atoms. The molecule has 1 N–H and O–H groups in total. The Morgan fingerprint density at radius 2 is 2.10 bits per heavy atom. The molecule has 1 atom stereocenters. The zero-order valence-corrected chi connectivity index (χ0v) is 12.3. The molecule has 0 aliphatic heterocycles. The molecular weight excluding hydrogens is 272 g/mol. The van der Waals surface area contributed by atoms with Crippen molar-refractivity contribution in [2.75, 3.05) is 5.32 Å². The Labute approximate surface area is 124 Å². The number of nitrogens with one attached hydrogen (secondary N) is 1. The number of hydrogen-bond acceptors (Lipinski definition) is 2. The Kier molecular flexibility index (Phi) is 4.74. The lowest BCUT2D eigenvalue weighted by atomic mass is 9.97. The topological polar surface area (TPSA) is 42.0 Å². The van der Waals surface area contributed by atoms with E-state index in [1.807, 2.05) is 24.3 Å². The molecule has 0 unspecified atom stereocenters. The van der Waals surface area contributed by atoms with Crippen LogP contribution in [0.3, 0.4) is 0 Å². The Morgan fingerprint density at radius 1 is 1.35 bits per heavy atom. The fourth-order valence-corrected chi connectivity index (χ4v) is 2.17. The maximum atomic E-state index is 12.2. The predicted molar refractivity (Wildman–Crippen MR) is 82.3 cm³/mol. The summed E-state index contributed by atoms with van der Waals surface area (Å²) in [6.07, 6.45) is 2.55. The highest BCUT2D eigenvalue weighted by Gasteiger charge is 2.12. The summed E-state index contributed by atoms with van der Waals surface area (Å²) >= 11 is 5.80. The molecule has 0 radical (unpaired) electrons. The molecule has 1 amide bonds. The Bertz CT molecular complexity index is 613. The van der Waals surface area contributed by atoms with Crippen LogP contribution in [0.25, 0.3) is 0 Å². The summed E-state index contributed by atoms with van der Waals surface area (Å²) in [5, 5.41) is 3.26. The predicted octanol–water partition coefficient (Wildman–Crippen LogP) is 4.50. The molecule has 0 saturated carbocycles.